The molecule has 10 heteroatoms. The Kier molecular flexibility index (Phi) is 8.83. The molecule has 2 rings (SSSR count). The number of benzene rings is 1. The van der Waals surface area contributed by atoms with Crippen LogP contribution in [0.15, 0.2) is 34.4 Å². The van der Waals surface area contributed by atoms with Gasteiger partial charge in [-0.2, -0.15) is 9.98 Å². The zero-order valence-electron chi connectivity index (χ0n) is 17.2. The Bertz CT molecular complexity index is 742. The Morgan fingerprint density at radius 3 is 2.34 bits per heavy atom. The van der Waals surface area contributed by atoms with E-state index >= 15 is 0 Å². The van der Waals surface area contributed by atoms with E-state index in [0.29, 0.717) is 29.6 Å². The van der Waals surface area contributed by atoms with Crippen LogP contribution in [0.5, 0.6) is 0 Å². The Labute approximate surface area is 177 Å². The lowest BCUT2D eigenvalue weighted by Crippen LogP contribution is -2.34. The third kappa shape index (κ3) is 7.55. The summed E-state index contributed by atoms with van der Waals surface area (Å²) >= 11 is 5.92. The normalized spacial score (nSPS) is 15.1. The van der Waals surface area contributed by atoms with Crippen LogP contribution in [-0.2, 0) is 28.5 Å². The summed E-state index contributed by atoms with van der Waals surface area (Å²) in [4.78, 5) is 27.2. The standard InChI is InChI=1S/C19H26ClN2O6P/c1-6-24-29(25-7-2)15(18(23)26-19(3,4)5)12-16-21-17(22-28-27-16)13-8-10-14(20)11-9-13/h8-11,15H,6-7,12H2,1-5H3. The maximum Gasteiger partial charge on any atom is 0.319 e. The van der Waals surface area contributed by atoms with Crippen molar-refractivity contribution in [1.29, 1.82) is 0 Å². The molecule has 1 atom stereocenters. The number of hydrogen-bond donors (Lipinski definition) is 0. The van der Waals surface area contributed by atoms with Crippen LogP contribution < -0.4 is 0 Å². The molecular formula is C19H26ClN2O6P. The van der Waals surface area contributed by atoms with Crippen LogP contribution in [0, 0.1) is 0 Å². The van der Waals surface area contributed by atoms with E-state index in [4.69, 9.17) is 35.3 Å². The Morgan fingerprint density at radius 1 is 1.17 bits per heavy atom. The van der Waals surface area contributed by atoms with Crippen LogP contribution in [0.3, 0.4) is 0 Å². The number of rotatable bonds is 9. The van der Waals surface area contributed by atoms with E-state index in [-0.39, 0.29) is 12.3 Å². The second kappa shape index (κ2) is 10.9. The van der Waals surface area contributed by atoms with Crippen molar-refractivity contribution in [2.75, 3.05) is 13.2 Å². The van der Waals surface area contributed by atoms with E-state index in [0.717, 1.165) is 0 Å². The van der Waals surface area contributed by atoms with E-state index < -0.39 is 25.6 Å². The van der Waals surface area contributed by atoms with Gasteiger partial charge in [-0.15, -0.1) is 0 Å². The molecule has 0 saturated carbocycles. The van der Waals surface area contributed by atoms with Gasteiger partial charge in [0.15, 0.2) is 8.38 Å². The molecule has 1 heterocycles. The first-order valence-corrected chi connectivity index (χ1v) is 10.9. The molecule has 0 N–H and O–H groups in total. The number of esters is 1. The molecule has 0 fully saturated rings. The summed E-state index contributed by atoms with van der Waals surface area (Å²) in [6.07, 6.45) is 0.0766. The molecule has 0 saturated heterocycles. The number of hydrogen-bond acceptors (Lipinski definition) is 8. The average molecular weight is 445 g/mol. The molecule has 29 heavy (non-hydrogen) atoms. The number of carbonyl (C=O) groups excluding carboxylic acids is 1. The lowest BCUT2D eigenvalue weighted by atomic mass is 10.2. The number of nitrogens with zero attached hydrogens (tertiary/aromatic N) is 2. The number of halogens is 1. The zero-order valence-corrected chi connectivity index (χ0v) is 18.8. The fraction of sp³-hybridized carbons (Fsp3) is 0.526. The Hall–Kier alpha value is -1.73. The smallest absolute Gasteiger partial charge is 0.319 e. The van der Waals surface area contributed by atoms with Gasteiger partial charge < -0.3 is 13.8 Å². The molecule has 8 nitrogen and oxygen atoms in total. The highest BCUT2D eigenvalue weighted by atomic mass is 35.5. The van der Waals surface area contributed by atoms with E-state index in [1.165, 1.54) is 0 Å². The molecule has 1 aromatic rings. The largest absolute Gasteiger partial charge is 0.459 e. The van der Waals surface area contributed by atoms with Gasteiger partial charge in [0.25, 0.3) is 5.90 Å². The summed E-state index contributed by atoms with van der Waals surface area (Å²) in [5.74, 6) is 0.0306. The SMILES string of the molecule is CCOP(OCC)C(CC1=NC(c2ccc(Cl)cc2)=NOO1)C(=O)OC(C)(C)C. The number of ether oxygens (including phenoxy) is 1. The molecule has 1 aromatic carbocycles. The monoisotopic (exact) mass is 444 g/mol. The molecule has 0 aliphatic carbocycles. The minimum Gasteiger partial charge on any atom is -0.459 e. The maximum absolute atomic E-state index is 12.9. The second-order valence-electron chi connectivity index (χ2n) is 6.96. The van der Waals surface area contributed by atoms with Gasteiger partial charge in [0, 0.05) is 10.6 Å². The topological polar surface area (TPSA) is 87.9 Å². The van der Waals surface area contributed by atoms with Gasteiger partial charge in [0.2, 0.25) is 5.84 Å². The van der Waals surface area contributed by atoms with Crippen molar-refractivity contribution in [3.8, 4) is 0 Å². The van der Waals surface area contributed by atoms with Gasteiger partial charge in [-0.25, -0.2) is 0 Å². The number of carbonyl (C=O) groups is 1. The Morgan fingerprint density at radius 2 is 1.79 bits per heavy atom. The summed E-state index contributed by atoms with van der Waals surface area (Å²) < 4.78 is 16.9. The van der Waals surface area contributed by atoms with Crippen molar-refractivity contribution >= 4 is 37.7 Å². The minimum absolute atomic E-state index is 0.0766. The summed E-state index contributed by atoms with van der Waals surface area (Å²) in [6, 6.07) is 6.96. The summed E-state index contributed by atoms with van der Waals surface area (Å²) in [5.41, 5.74) is -0.701. The zero-order chi connectivity index (χ0) is 21.4. The second-order valence-corrected chi connectivity index (χ2v) is 9.11. The van der Waals surface area contributed by atoms with Crippen LogP contribution in [0.2, 0.25) is 5.02 Å². The van der Waals surface area contributed by atoms with Gasteiger partial charge in [0.1, 0.15) is 11.3 Å². The molecule has 1 aliphatic heterocycles. The van der Waals surface area contributed by atoms with Crippen LogP contribution in [-0.4, -0.2) is 42.2 Å². The average Bonchev–Trinajstić information content (AvgIpc) is 2.65. The lowest BCUT2D eigenvalue weighted by Gasteiger charge is -2.28. The molecular weight excluding hydrogens is 419 g/mol. The van der Waals surface area contributed by atoms with Crippen LogP contribution in [0.4, 0.5) is 0 Å². The summed E-state index contributed by atoms with van der Waals surface area (Å²) in [7, 11) is -1.56. The molecule has 0 spiro atoms. The first kappa shape index (κ1) is 23.5. The molecule has 1 unspecified atom stereocenters. The lowest BCUT2D eigenvalue weighted by molar-refractivity contribution is -0.227. The van der Waals surface area contributed by atoms with E-state index in [1.54, 1.807) is 45.0 Å². The third-order valence-corrected chi connectivity index (χ3v) is 5.58. The van der Waals surface area contributed by atoms with Crippen molar-refractivity contribution in [1.82, 2.24) is 0 Å². The van der Waals surface area contributed by atoms with Crippen molar-refractivity contribution < 1.29 is 28.5 Å². The van der Waals surface area contributed by atoms with Crippen molar-refractivity contribution in [3.63, 3.8) is 0 Å². The van der Waals surface area contributed by atoms with Gasteiger partial charge in [-0.3, -0.25) is 9.68 Å². The highest BCUT2D eigenvalue weighted by Gasteiger charge is 2.37. The Balaban J connectivity index is 2.25. The highest BCUT2D eigenvalue weighted by molar-refractivity contribution is 7.49. The minimum atomic E-state index is -1.56. The fourth-order valence-electron chi connectivity index (χ4n) is 2.30. The molecule has 0 radical (unpaired) electrons. The van der Waals surface area contributed by atoms with Crippen LogP contribution in [0.1, 0.15) is 46.6 Å². The van der Waals surface area contributed by atoms with Crippen molar-refractivity contribution in [2.24, 2.45) is 10.1 Å². The summed E-state index contributed by atoms with van der Waals surface area (Å²) in [5, 5.41) is 4.39. The van der Waals surface area contributed by atoms with Crippen LogP contribution >= 0.6 is 20.0 Å². The third-order valence-electron chi connectivity index (χ3n) is 3.40. The number of amidine groups is 1. The van der Waals surface area contributed by atoms with Gasteiger partial charge in [0.05, 0.1) is 19.6 Å². The number of aliphatic imine (C=N–C) groups is 1. The van der Waals surface area contributed by atoms with E-state index in [9.17, 15) is 4.79 Å². The van der Waals surface area contributed by atoms with Crippen molar-refractivity contribution in [2.45, 2.75) is 52.3 Å². The first-order valence-electron chi connectivity index (χ1n) is 9.26. The maximum atomic E-state index is 12.9. The van der Waals surface area contributed by atoms with Crippen molar-refractivity contribution in [3.05, 3.63) is 34.9 Å². The number of oxime groups is 1. The molecule has 1 aliphatic rings. The van der Waals surface area contributed by atoms with Gasteiger partial charge in [-0.05, 0) is 64.0 Å². The molecule has 0 aromatic heterocycles. The van der Waals surface area contributed by atoms with Gasteiger partial charge >= 0.3 is 5.97 Å². The first-order chi connectivity index (χ1) is 13.7. The quantitative estimate of drug-likeness (QED) is 0.307. The molecule has 160 valence electrons. The predicted molar refractivity (Wildman–Crippen MR) is 112 cm³/mol. The van der Waals surface area contributed by atoms with Gasteiger partial charge in [-0.1, -0.05) is 11.6 Å². The fourth-order valence-corrected chi connectivity index (χ4v) is 3.90. The predicted octanol–water partition coefficient (Wildman–Crippen LogP) is 4.85. The highest BCUT2D eigenvalue weighted by Crippen LogP contribution is 2.46. The van der Waals surface area contributed by atoms with E-state index in [1.807, 2.05) is 13.8 Å². The van der Waals surface area contributed by atoms with Crippen LogP contribution in [0.25, 0.3) is 0 Å². The van der Waals surface area contributed by atoms with E-state index in [2.05, 4.69) is 10.1 Å². The molecule has 0 bridgehead atoms. The molecule has 0 amide bonds. The summed E-state index contributed by atoms with van der Waals surface area (Å²) in [6.45, 7) is 9.86.